The SMILES string of the molecule is CC(C)CN1CCC[C@@H](C(=O)Nc2cc3cc(-c4cncn4C)ccc3cn2)C1. The zero-order valence-electron chi connectivity index (χ0n) is 17.4. The number of nitrogens with one attached hydrogen (secondary N) is 1. The van der Waals surface area contributed by atoms with Gasteiger partial charge in [-0.1, -0.05) is 26.0 Å². The molecule has 1 aliphatic rings. The third-order valence-corrected chi connectivity index (χ3v) is 5.59. The molecule has 6 nitrogen and oxygen atoms in total. The first-order valence-corrected chi connectivity index (χ1v) is 10.4. The Bertz CT molecular complexity index is 1010. The molecule has 29 heavy (non-hydrogen) atoms. The summed E-state index contributed by atoms with van der Waals surface area (Å²) in [4.78, 5) is 23.9. The number of benzene rings is 1. The number of aryl methyl sites for hydroxylation is 1. The fraction of sp³-hybridized carbons (Fsp3) is 0.435. The lowest BCUT2D eigenvalue weighted by atomic mass is 9.96. The van der Waals surface area contributed by atoms with Gasteiger partial charge >= 0.3 is 0 Å². The van der Waals surface area contributed by atoms with Crippen LogP contribution in [0.1, 0.15) is 26.7 Å². The van der Waals surface area contributed by atoms with Crippen LogP contribution in [0.25, 0.3) is 22.0 Å². The Morgan fingerprint density at radius 2 is 2.10 bits per heavy atom. The van der Waals surface area contributed by atoms with Crippen molar-refractivity contribution in [2.24, 2.45) is 18.9 Å². The highest BCUT2D eigenvalue weighted by molar-refractivity contribution is 5.95. The van der Waals surface area contributed by atoms with E-state index < -0.39 is 0 Å². The predicted molar refractivity (Wildman–Crippen MR) is 117 cm³/mol. The Labute approximate surface area is 172 Å². The van der Waals surface area contributed by atoms with Crippen LogP contribution < -0.4 is 5.32 Å². The molecular weight excluding hydrogens is 362 g/mol. The van der Waals surface area contributed by atoms with Gasteiger partial charge in [0, 0.05) is 37.3 Å². The molecule has 3 heterocycles. The molecule has 1 atom stereocenters. The molecule has 0 aliphatic carbocycles. The molecular formula is C23H29N5O. The van der Waals surface area contributed by atoms with Crippen molar-refractivity contribution in [2.45, 2.75) is 26.7 Å². The van der Waals surface area contributed by atoms with Crippen molar-refractivity contribution in [3.8, 4) is 11.3 Å². The summed E-state index contributed by atoms with van der Waals surface area (Å²) < 4.78 is 2.00. The Balaban J connectivity index is 1.50. The molecule has 0 bridgehead atoms. The van der Waals surface area contributed by atoms with E-state index in [1.807, 2.05) is 30.1 Å². The van der Waals surface area contributed by atoms with E-state index in [-0.39, 0.29) is 11.8 Å². The second kappa shape index (κ2) is 8.33. The van der Waals surface area contributed by atoms with Crippen LogP contribution >= 0.6 is 0 Å². The van der Waals surface area contributed by atoms with Crippen LogP contribution in [0.15, 0.2) is 43.0 Å². The third-order valence-electron chi connectivity index (χ3n) is 5.59. The number of hydrogen-bond donors (Lipinski definition) is 1. The van der Waals surface area contributed by atoms with E-state index in [4.69, 9.17) is 0 Å². The van der Waals surface area contributed by atoms with Crippen molar-refractivity contribution in [2.75, 3.05) is 25.0 Å². The molecule has 1 amide bonds. The molecule has 1 fully saturated rings. The number of rotatable bonds is 5. The minimum Gasteiger partial charge on any atom is -0.334 e. The van der Waals surface area contributed by atoms with Gasteiger partial charge < -0.3 is 14.8 Å². The summed E-state index contributed by atoms with van der Waals surface area (Å²) in [5, 5.41) is 5.15. The first-order valence-electron chi connectivity index (χ1n) is 10.4. The zero-order chi connectivity index (χ0) is 20.4. The minimum absolute atomic E-state index is 0.0285. The number of carbonyl (C=O) groups is 1. The van der Waals surface area contributed by atoms with Crippen LogP contribution in [0.4, 0.5) is 5.82 Å². The highest BCUT2D eigenvalue weighted by atomic mass is 16.2. The van der Waals surface area contributed by atoms with Gasteiger partial charge in [-0.25, -0.2) is 9.97 Å². The molecule has 0 radical (unpaired) electrons. The largest absolute Gasteiger partial charge is 0.334 e. The van der Waals surface area contributed by atoms with Crippen LogP contribution in [0.2, 0.25) is 0 Å². The number of pyridine rings is 1. The van der Waals surface area contributed by atoms with E-state index in [1.165, 1.54) is 0 Å². The van der Waals surface area contributed by atoms with Gasteiger partial charge in [0.1, 0.15) is 5.82 Å². The molecule has 152 valence electrons. The number of fused-ring (bicyclic) bond motifs is 1. The van der Waals surface area contributed by atoms with E-state index >= 15 is 0 Å². The van der Waals surface area contributed by atoms with Crippen LogP contribution in [0.3, 0.4) is 0 Å². The lowest BCUT2D eigenvalue weighted by Crippen LogP contribution is -2.42. The van der Waals surface area contributed by atoms with Crippen molar-refractivity contribution < 1.29 is 4.79 Å². The van der Waals surface area contributed by atoms with Crippen LogP contribution in [0.5, 0.6) is 0 Å². The average molecular weight is 392 g/mol. The summed E-state index contributed by atoms with van der Waals surface area (Å²) in [6, 6.07) is 8.21. The summed E-state index contributed by atoms with van der Waals surface area (Å²) in [5.41, 5.74) is 2.15. The molecule has 3 aromatic rings. The zero-order valence-corrected chi connectivity index (χ0v) is 17.4. The molecule has 6 heteroatoms. The van der Waals surface area contributed by atoms with Crippen molar-refractivity contribution >= 4 is 22.5 Å². The Morgan fingerprint density at radius 3 is 2.86 bits per heavy atom. The van der Waals surface area contributed by atoms with Gasteiger partial charge in [-0.3, -0.25) is 4.79 Å². The molecule has 1 aromatic carbocycles. The molecule has 1 saturated heterocycles. The number of amides is 1. The Morgan fingerprint density at radius 1 is 1.24 bits per heavy atom. The Kier molecular flexibility index (Phi) is 5.62. The summed E-state index contributed by atoms with van der Waals surface area (Å²) >= 11 is 0. The molecule has 4 rings (SSSR count). The topological polar surface area (TPSA) is 63.1 Å². The van der Waals surface area contributed by atoms with E-state index in [9.17, 15) is 4.79 Å². The summed E-state index contributed by atoms with van der Waals surface area (Å²) in [7, 11) is 1.98. The van der Waals surface area contributed by atoms with Gasteiger partial charge in [-0.05, 0) is 42.8 Å². The summed E-state index contributed by atoms with van der Waals surface area (Å²) in [5.74, 6) is 1.34. The molecule has 1 aliphatic heterocycles. The van der Waals surface area contributed by atoms with Gasteiger partial charge in [-0.15, -0.1) is 0 Å². The normalized spacial score (nSPS) is 17.7. The quantitative estimate of drug-likeness (QED) is 0.715. The van der Waals surface area contributed by atoms with Crippen LogP contribution in [-0.4, -0.2) is 45.0 Å². The van der Waals surface area contributed by atoms with Gasteiger partial charge in [0.25, 0.3) is 0 Å². The molecule has 0 unspecified atom stereocenters. The molecule has 1 N–H and O–H groups in total. The standard InChI is InChI=1S/C23H29N5O/c1-16(2)13-28-8-4-5-19(14-28)23(29)26-22-10-20-9-17(6-7-18(20)11-25-22)21-12-24-15-27(21)3/h6-7,9-12,15-16,19H,4-5,8,13-14H2,1-3H3,(H,25,26,29)/t19-/m1/s1. The number of imidazole rings is 1. The monoisotopic (exact) mass is 391 g/mol. The smallest absolute Gasteiger partial charge is 0.229 e. The average Bonchev–Trinajstić information content (AvgIpc) is 3.13. The second-order valence-corrected chi connectivity index (χ2v) is 8.50. The third kappa shape index (κ3) is 4.48. The maximum atomic E-state index is 12.8. The second-order valence-electron chi connectivity index (χ2n) is 8.50. The lowest BCUT2D eigenvalue weighted by Gasteiger charge is -2.32. The number of piperidine rings is 1. The molecule has 0 saturated carbocycles. The lowest BCUT2D eigenvalue weighted by molar-refractivity contribution is -0.121. The number of anilines is 1. The van der Waals surface area contributed by atoms with Gasteiger partial charge in [0.05, 0.1) is 24.1 Å². The van der Waals surface area contributed by atoms with Crippen LogP contribution in [-0.2, 0) is 11.8 Å². The van der Waals surface area contributed by atoms with Crippen LogP contribution in [0, 0.1) is 11.8 Å². The summed E-state index contributed by atoms with van der Waals surface area (Å²) in [6.45, 7) is 7.43. The van der Waals surface area contributed by atoms with Crippen molar-refractivity contribution in [1.82, 2.24) is 19.4 Å². The van der Waals surface area contributed by atoms with Gasteiger partial charge in [-0.2, -0.15) is 0 Å². The van der Waals surface area contributed by atoms with Crippen molar-refractivity contribution in [3.05, 3.63) is 43.0 Å². The number of aromatic nitrogens is 3. The first-order chi connectivity index (χ1) is 14.0. The summed E-state index contributed by atoms with van der Waals surface area (Å²) in [6.07, 6.45) is 7.49. The molecule has 0 spiro atoms. The maximum Gasteiger partial charge on any atom is 0.229 e. The highest BCUT2D eigenvalue weighted by Gasteiger charge is 2.26. The number of nitrogens with zero attached hydrogens (tertiary/aromatic N) is 4. The van der Waals surface area contributed by atoms with E-state index in [0.717, 1.165) is 54.5 Å². The fourth-order valence-electron chi connectivity index (χ4n) is 4.18. The maximum absolute atomic E-state index is 12.8. The van der Waals surface area contributed by atoms with E-state index in [1.54, 1.807) is 6.33 Å². The first kappa shape index (κ1) is 19.6. The molecule has 2 aromatic heterocycles. The number of hydrogen-bond acceptors (Lipinski definition) is 4. The van der Waals surface area contributed by atoms with Gasteiger partial charge in [0.2, 0.25) is 5.91 Å². The fourth-order valence-corrected chi connectivity index (χ4v) is 4.18. The Hall–Kier alpha value is -2.73. The van der Waals surface area contributed by atoms with E-state index in [2.05, 4.69) is 52.2 Å². The van der Waals surface area contributed by atoms with Crippen molar-refractivity contribution in [3.63, 3.8) is 0 Å². The van der Waals surface area contributed by atoms with E-state index in [0.29, 0.717) is 11.7 Å². The highest BCUT2D eigenvalue weighted by Crippen LogP contribution is 2.26. The predicted octanol–water partition coefficient (Wildman–Crippen LogP) is 3.94. The van der Waals surface area contributed by atoms with Crippen molar-refractivity contribution in [1.29, 1.82) is 0 Å². The number of likely N-dealkylation sites (tertiary alicyclic amines) is 1. The number of carbonyl (C=O) groups excluding carboxylic acids is 1. The minimum atomic E-state index is 0.0285. The van der Waals surface area contributed by atoms with Gasteiger partial charge in [0.15, 0.2) is 0 Å².